The molecule has 0 aliphatic rings. The molecule has 29 heavy (non-hydrogen) atoms. The normalized spacial score (nSPS) is 12.8. The zero-order chi connectivity index (χ0) is 21.6. The predicted molar refractivity (Wildman–Crippen MR) is 121 cm³/mol. The highest BCUT2D eigenvalue weighted by Crippen LogP contribution is 2.23. The Bertz CT molecular complexity index is 649. The lowest BCUT2D eigenvalue weighted by molar-refractivity contribution is -0.142. The van der Waals surface area contributed by atoms with Gasteiger partial charge in [0.05, 0.1) is 5.69 Å². The Hall–Kier alpha value is -1.65. The number of hydrogen-bond donors (Lipinski definition) is 5. The van der Waals surface area contributed by atoms with E-state index in [2.05, 4.69) is 35.2 Å². The molecule has 164 valence electrons. The molecule has 0 radical (unpaired) electrons. The van der Waals surface area contributed by atoms with Crippen LogP contribution >= 0.6 is 24.4 Å². The van der Waals surface area contributed by atoms with Crippen molar-refractivity contribution in [3.8, 4) is 5.88 Å². The highest BCUT2D eigenvalue weighted by atomic mass is 32.2. The highest BCUT2D eigenvalue weighted by molar-refractivity contribution is 7.98. The summed E-state index contributed by atoms with van der Waals surface area (Å²) >= 11 is 5.69. The molecule has 0 bridgehead atoms. The zero-order valence-corrected chi connectivity index (χ0v) is 18.7. The molecule has 1 aromatic rings. The number of nitrogens with one attached hydrogen (secondary N) is 2. The Kier molecular flexibility index (Phi) is 12.6. The van der Waals surface area contributed by atoms with Crippen LogP contribution in [0.1, 0.15) is 31.9 Å². The number of amides is 1. The first-order valence-electron chi connectivity index (χ1n) is 9.65. The molecule has 1 amide bonds. The number of thiol groups is 1. The van der Waals surface area contributed by atoms with Crippen LogP contribution < -0.4 is 21.1 Å². The number of carbonyl (C=O) groups excluding carboxylic acids is 1. The van der Waals surface area contributed by atoms with E-state index in [0.29, 0.717) is 36.0 Å². The predicted octanol–water partition coefficient (Wildman–Crippen LogP) is 1.79. The number of aliphatic carboxylic acids is 1. The van der Waals surface area contributed by atoms with Crippen molar-refractivity contribution in [1.82, 2.24) is 10.3 Å². The number of unbranched alkanes of at least 4 members (excludes halogenated alkanes) is 1. The van der Waals surface area contributed by atoms with Crippen LogP contribution in [0.15, 0.2) is 12.1 Å². The quantitative estimate of drug-likeness (QED) is 0.259. The summed E-state index contributed by atoms with van der Waals surface area (Å²) in [6.45, 7) is 2.27. The van der Waals surface area contributed by atoms with E-state index in [1.54, 1.807) is 0 Å². The van der Waals surface area contributed by atoms with Crippen molar-refractivity contribution in [1.29, 1.82) is 0 Å². The summed E-state index contributed by atoms with van der Waals surface area (Å²) in [5.41, 5.74) is 7.39. The maximum Gasteiger partial charge on any atom is 0.326 e. The van der Waals surface area contributed by atoms with Gasteiger partial charge >= 0.3 is 5.97 Å². The maximum atomic E-state index is 12.2. The fraction of sp³-hybridized carbons (Fsp3) is 0.632. The Labute approximate surface area is 182 Å². The van der Waals surface area contributed by atoms with E-state index in [0.717, 1.165) is 25.0 Å². The number of anilines is 1. The zero-order valence-electron chi connectivity index (χ0n) is 17.0. The van der Waals surface area contributed by atoms with Crippen molar-refractivity contribution in [3.63, 3.8) is 0 Å². The second-order valence-corrected chi connectivity index (χ2v) is 7.96. The molecular formula is C19H32N4O4S2. The molecule has 8 nitrogen and oxygen atoms in total. The van der Waals surface area contributed by atoms with E-state index in [1.807, 2.05) is 18.4 Å². The topological polar surface area (TPSA) is 127 Å². The number of aromatic nitrogens is 1. The number of hydrogen-bond acceptors (Lipinski definition) is 8. The van der Waals surface area contributed by atoms with E-state index < -0.39 is 17.9 Å². The van der Waals surface area contributed by atoms with Gasteiger partial charge < -0.3 is 26.2 Å². The standard InChI is InChI=1S/C19H32N4O4S2/c1-3-4-5-14-6-7-15(21-10-13(20)12-28)18(22-14)27-11-17(24)23-16(19(25)26)8-9-29-2/h6-7,13,16,21,28H,3-5,8-12,20H2,1-2H3,(H,23,24)(H,25,26)/t13?,16-/m0/s1. The van der Waals surface area contributed by atoms with Crippen LogP contribution in [0.3, 0.4) is 0 Å². The summed E-state index contributed by atoms with van der Waals surface area (Å²) in [6.07, 6.45) is 5.09. The number of pyridine rings is 1. The minimum Gasteiger partial charge on any atom is -0.480 e. The minimum absolute atomic E-state index is 0.137. The summed E-state index contributed by atoms with van der Waals surface area (Å²) in [7, 11) is 0. The Morgan fingerprint density at radius 2 is 2.17 bits per heavy atom. The number of thioether (sulfide) groups is 1. The van der Waals surface area contributed by atoms with Crippen LogP contribution in [0.25, 0.3) is 0 Å². The fourth-order valence-corrected chi connectivity index (χ4v) is 2.99. The molecule has 0 saturated heterocycles. The molecule has 0 aliphatic heterocycles. The van der Waals surface area contributed by atoms with Crippen molar-refractivity contribution < 1.29 is 19.4 Å². The van der Waals surface area contributed by atoms with Gasteiger partial charge in [0.1, 0.15) is 6.04 Å². The first-order valence-corrected chi connectivity index (χ1v) is 11.7. The Morgan fingerprint density at radius 1 is 1.41 bits per heavy atom. The van der Waals surface area contributed by atoms with Gasteiger partial charge in [0.2, 0.25) is 5.88 Å². The van der Waals surface area contributed by atoms with E-state index >= 15 is 0 Å². The number of nitrogens with zero attached hydrogens (tertiary/aromatic N) is 1. The summed E-state index contributed by atoms with van der Waals surface area (Å²) < 4.78 is 5.63. The molecule has 2 atom stereocenters. The third-order valence-electron chi connectivity index (χ3n) is 4.08. The molecular weight excluding hydrogens is 412 g/mol. The SMILES string of the molecule is CCCCc1ccc(NCC(N)CS)c(OCC(=O)N[C@@H](CCSC)C(=O)O)n1. The van der Waals surface area contributed by atoms with E-state index in [-0.39, 0.29) is 12.6 Å². The lowest BCUT2D eigenvalue weighted by Gasteiger charge is -2.17. The summed E-state index contributed by atoms with van der Waals surface area (Å²) in [5.74, 6) is -0.0951. The van der Waals surface area contributed by atoms with Gasteiger partial charge in [-0.05, 0) is 43.4 Å². The van der Waals surface area contributed by atoms with E-state index in [1.165, 1.54) is 11.8 Å². The molecule has 10 heteroatoms. The number of aryl methyl sites for hydroxylation is 1. The molecule has 1 heterocycles. The summed E-state index contributed by atoms with van der Waals surface area (Å²) in [4.78, 5) is 28.0. The van der Waals surface area contributed by atoms with Crippen molar-refractivity contribution >= 4 is 42.0 Å². The van der Waals surface area contributed by atoms with Crippen molar-refractivity contribution in [2.75, 3.05) is 36.2 Å². The molecule has 5 N–H and O–H groups in total. The van der Waals surface area contributed by atoms with Gasteiger partial charge in [-0.15, -0.1) is 0 Å². The lowest BCUT2D eigenvalue weighted by atomic mass is 10.2. The Morgan fingerprint density at radius 3 is 2.79 bits per heavy atom. The monoisotopic (exact) mass is 444 g/mol. The number of carbonyl (C=O) groups is 2. The third kappa shape index (κ3) is 10.1. The molecule has 0 saturated carbocycles. The van der Waals surface area contributed by atoms with Crippen molar-refractivity contribution in [3.05, 3.63) is 17.8 Å². The fourth-order valence-electron chi connectivity index (χ4n) is 2.39. The van der Waals surface area contributed by atoms with Crippen LogP contribution in [0, 0.1) is 0 Å². The average molecular weight is 445 g/mol. The van der Waals surface area contributed by atoms with Gasteiger partial charge in [0.15, 0.2) is 6.61 Å². The minimum atomic E-state index is -1.06. The number of carboxylic acids is 1. The van der Waals surface area contributed by atoms with Gasteiger partial charge in [0.25, 0.3) is 5.91 Å². The van der Waals surface area contributed by atoms with E-state index in [4.69, 9.17) is 10.5 Å². The first kappa shape index (κ1) is 25.4. The van der Waals surface area contributed by atoms with Gasteiger partial charge in [-0.25, -0.2) is 9.78 Å². The maximum absolute atomic E-state index is 12.2. The second kappa shape index (κ2) is 14.4. The van der Waals surface area contributed by atoms with Gasteiger partial charge in [-0.2, -0.15) is 24.4 Å². The molecule has 1 rings (SSSR count). The molecule has 0 aliphatic carbocycles. The van der Waals surface area contributed by atoms with Crippen molar-refractivity contribution in [2.24, 2.45) is 5.73 Å². The molecule has 1 aromatic heterocycles. The third-order valence-corrected chi connectivity index (χ3v) is 5.19. The van der Waals surface area contributed by atoms with Gasteiger partial charge in [-0.3, -0.25) is 4.79 Å². The largest absolute Gasteiger partial charge is 0.480 e. The smallest absolute Gasteiger partial charge is 0.326 e. The average Bonchev–Trinajstić information content (AvgIpc) is 2.72. The molecule has 0 fully saturated rings. The van der Waals surface area contributed by atoms with Crippen LogP contribution in [0.4, 0.5) is 5.69 Å². The van der Waals surface area contributed by atoms with Crippen LogP contribution in [-0.4, -0.2) is 65.0 Å². The summed E-state index contributed by atoms with van der Waals surface area (Å²) in [6, 6.07) is 2.70. The van der Waals surface area contributed by atoms with Crippen LogP contribution in [-0.2, 0) is 16.0 Å². The number of nitrogens with two attached hydrogens (primary N) is 1. The number of ether oxygens (including phenoxy) is 1. The number of rotatable bonds is 15. The summed E-state index contributed by atoms with van der Waals surface area (Å²) in [5, 5.41) is 14.9. The van der Waals surface area contributed by atoms with Crippen LogP contribution in [0.2, 0.25) is 0 Å². The molecule has 0 spiro atoms. The van der Waals surface area contributed by atoms with Crippen LogP contribution in [0.5, 0.6) is 5.88 Å². The molecule has 1 unspecified atom stereocenters. The first-order chi connectivity index (χ1) is 13.9. The molecule has 0 aromatic carbocycles. The van der Waals surface area contributed by atoms with Crippen molar-refractivity contribution in [2.45, 2.75) is 44.7 Å². The Balaban J connectivity index is 2.78. The lowest BCUT2D eigenvalue weighted by Crippen LogP contribution is -2.43. The van der Waals surface area contributed by atoms with Gasteiger partial charge in [-0.1, -0.05) is 13.3 Å². The second-order valence-electron chi connectivity index (χ2n) is 6.61. The van der Waals surface area contributed by atoms with Gasteiger partial charge in [0, 0.05) is 24.0 Å². The number of carboxylic acid groups (broad SMARTS) is 1. The highest BCUT2D eigenvalue weighted by Gasteiger charge is 2.20. The van der Waals surface area contributed by atoms with E-state index in [9.17, 15) is 14.7 Å².